The van der Waals surface area contributed by atoms with E-state index < -0.39 is 0 Å². The van der Waals surface area contributed by atoms with Gasteiger partial charge in [-0.3, -0.25) is 4.90 Å². The molecule has 4 aromatic rings. The lowest BCUT2D eigenvalue weighted by Gasteiger charge is -2.39. The first kappa shape index (κ1) is 20.5. The van der Waals surface area contributed by atoms with Crippen LogP contribution in [0.2, 0.25) is 0 Å². The summed E-state index contributed by atoms with van der Waals surface area (Å²) >= 11 is 3.56. The summed E-state index contributed by atoms with van der Waals surface area (Å²) in [5.41, 5.74) is 0.958. The number of thiazole rings is 1. The third kappa shape index (κ3) is 3.86. The van der Waals surface area contributed by atoms with Crippen molar-refractivity contribution in [2.24, 2.45) is 0 Å². The third-order valence-electron chi connectivity index (χ3n) is 6.22. The van der Waals surface area contributed by atoms with Gasteiger partial charge in [-0.1, -0.05) is 36.5 Å². The van der Waals surface area contributed by atoms with Crippen molar-refractivity contribution >= 4 is 38.0 Å². The maximum absolute atomic E-state index is 4.86. The topological polar surface area (TPSA) is 63.0 Å². The van der Waals surface area contributed by atoms with Crippen molar-refractivity contribution in [2.45, 2.75) is 38.8 Å². The molecule has 5 rings (SSSR count). The van der Waals surface area contributed by atoms with Crippen LogP contribution in [0.15, 0.2) is 41.8 Å². The van der Waals surface area contributed by atoms with E-state index in [1.807, 2.05) is 4.68 Å². The predicted molar refractivity (Wildman–Crippen MR) is 127 cm³/mol. The number of piperazine rings is 1. The predicted octanol–water partition coefficient (Wildman–Crippen LogP) is 4.40. The van der Waals surface area contributed by atoms with Crippen molar-refractivity contribution < 1.29 is 0 Å². The molecule has 0 radical (unpaired) electrons. The van der Waals surface area contributed by atoms with Crippen molar-refractivity contribution in [3.05, 3.63) is 52.5 Å². The Morgan fingerprint density at radius 1 is 1.06 bits per heavy atom. The molecule has 1 atom stereocenters. The highest BCUT2D eigenvalue weighted by Gasteiger charge is 2.35. The summed E-state index contributed by atoms with van der Waals surface area (Å²) < 4.78 is 3.27. The Bertz CT molecular complexity index is 1110. The molecule has 7 nitrogen and oxygen atoms in total. The molecule has 1 aromatic carbocycles. The molecular weight excluding hydrogens is 426 g/mol. The van der Waals surface area contributed by atoms with E-state index in [0.29, 0.717) is 0 Å². The maximum atomic E-state index is 4.86. The van der Waals surface area contributed by atoms with E-state index in [1.54, 1.807) is 22.7 Å². The summed E-state index contributed by atoms with van der Waals surface area (Å²) in [5.74, 6) is 0.933. The van der Waals surface area contributed by atoms with E-state index in [4.69, 9.17) is 4.98 Å². The second-order valence-electron chi connectivity index (χ2n) is 8.52. The first-order valence-electron chi connectivity index (χ1n) is 10.7. The van der Waals surface area contributed by atoms with Gasteiger partial charge in [0, 0.05) is 31.1 Å². The highest BCUT2D eigenvalue weighted by molar-refractivity contribution is 7.22. The lowest BCUT2D eigenvalue weighted by Crippen LogP contribution is -2.48. The summed E-state index contributed by atoms with van der Waals surface area (Å²) in [7, 11) is 0. The van der Waals surface area contributed by atoms with Crippen LogP contribution in [0.5, 0.6) is 0 Å². The molecule has 1 saturated heterocycles. The van der Waals surface area contributed by atoms with Crippen molar-refractivity contribution in [1.82, 2.24) is 30.1 Å². The minimum absolute atomic E-state index is 0.0679. The number of nitrogens with zero attached hydrogens (tertiary/aromatic N) is 7. The minimum atomic E-state index is -0.128. The number of tetrazole rings is 1. The molecule has 0 saturated carbocycles. The molecule has 0 amide bonds. The number of hydrogen-bond acceptors (Lipinski definition) is 8. The molecule has 4 heterocycles. The van der Waals surface area contributed by atoms with Crippen LogP contribution in [0, 0.1) is 0 Å². The van der Waals surface area contributed by atoms with Crippen LogP contribution < -0.4 is 4.90 Å². The van der Waals surface area contributed by atoms with E-state index in [1.165, 1.54) is 9.58 Å². The van der Waals surface area contributed by atoms with Crippen molar-refractivity contribution in [2.75, 3.05) is 31.1 Å². The second kappa shape index (κ2) is 8.29. The molecular formula is C22H27N7S2. The van der Waals surface area contributed by atoms with E-state index >= 15 is 0 Å². The van der Waals surface area contributed by atoms with Crippen LogP contribution in [0.3, 0.4) is 0 Å². The second-order valence-corrected chi connectivity index (χ2v) is 10.5. The summed E-state index contributed by atoms with van der Waals surface area (Å²) in [6.45, 7) is 10.4. The Morgan fingerprint density at radius 2 is 1.87 bits per heavy atom. The average Bonchev–Trinajstić information content (AvgIpc) is 3.55. The number of fused-ring (bicyclic) bond motifs is 1. The number of benzene rings is 1. The molecule has 3 aromatic heterocycles. The number of para-hydroxylation sites is 1. The lowest BCUT2D eigenvalue weighted by molar-refractivity contribution is 0.189. The number of rotatable bonds is 6. The molecule has 1 aliphatic rings. The van der Waals surface area contributed by atoms with Crippen LogP contribution >= 0.6 is 22.7 Å². The molecule has 1 aliphatic heterocycles. The number of thiophene rings is 1. The van der Waals surface area contributed by atoms with Crippen LogP contribution in [-0.4, -0.2) is 56.3 Å². The molecule has 0 spiro atoms. The zero-order valence-electron chi connectivity index (χ0n) is 18.1. The smallest absolute Gasteiger partial charge is 0.186 e. The Balaban J connectivity index is 1.40. The zero-order chi connectivity index (χ0) is 21.4. The summed E-state index contributed by atoms with van der Waals surface area (Å²) in [6.07, 6.45) is 0.966. The summed E-state index contributed by atoms with van der Waals surface area (Å²) in [5, 5.41) is 16.2. The summed E-state index contributed by atoms with van der Waals surface area (Å²) in [6, 6.07) is 12.8. The Hall–Kier alpha value is -2.36. The van der Waals surface area contributed by atoms with Crippen LogP contribution in [0.1, 0.15) is 43.9 Å². The normalized spacial score (nSPS) is 16.8. The maximum Gasteiger partial charge on any atom is 0.186 e. The Labute approximate surface area is 190 Å². The van der Waals surface area contributed by atoms with Gasteiger partial charge >= 0.3 is 0 Å². The van der Waals surface area contributed by atoms with E-state index in [0.717, 1.165) is 49.1 Å². The first-order valence-corrected chi connectivity index (χ1v) is 12.4. The molecule has 31 heavy (non-hydrogen) atoms. The fraction of sp³-hybridized carbons (Fsp3) is 0.455. The SMILES string of the molecule is CCC(C)(C)n1nnnc1[C@@H](c1cccs1)N1CCN(c2nc3ccccc3s2)CC1. The fourth-order valence-corrected chi connectivity index (χ4v) is 5.90. The van der Waals surface area contributed by atoms with Crippen molar-refractivity contribution in [3.8, 4) is 0 Å². The minimum Gasteiger partial charge on any atom is -0.345 e. The molecule has 0 aliphatic carbocycles. The van der Waals surface area contributed by atoms with Crippen LogP contribution in [0.25, 0.3) is 10.2 Å². The fourth-order valence-electron chi connectivity index (χ4n) is 4.03. The highest BCUT2D eigenvalue weighted by atomic mass is 32.1. The van der Waals surface area contributed by atoms with Gasteiger partial charge in [0.1, 0.15) is 6.04 Å². The number of hydrogen-bond donors (Lipinski definition) is 0. The van der Waals surface area contributed by atoms with E-state index in [9.17, 15) is 0 Å². The Morgan fingerprint density at radius 3 is 2.58 bits per heavy atom. The standard InChI is InChI=1S/C22H27N7S2/c1-4-22(2,3)29-20(24-25-26-29)19(18-10-7-15-30-18)27-11-13-28(14-12-27)21-23-16-8-5-6-9-17(16)31-21/h5-10,15,19H,4,11-14H2,1-3H3/t19-/m1/s1. The van der Waals surface area contributed by atoms with Gasteiger partial charge in [0.2, 0.25) is 0 Å². The van der Waals surface area contributed by atoms with Gasteiger partial charge in [-0.15, -0.1) is 16.4 Å². The summed E-state index contributed by atoms with van der Waals surface area (Å²) in [4.78, 5) is 11.1. The number of aromatic nitrogens is 5. The molecule has 162 valence electrons. The van der Waals surface area contributed by atoms with Crippen molar-refractivity contribution in [1.29, 1.82) is 0 Å². The van der Waals surface area contributed by atoms with Gasteiger partial charge in [-0.25, -0.2) is 9.67 Å². The van der Waals surface area contributed by atoms with Gasteiger partial charge < -0.3 is 4.90 Å². The van der Waals surface area contributed by atoms with Gasteiger partial charge in [0.15, 0.2) is 11.0 Å². The molecule has 0 N–H and O–H groups in total. The number of anilines is 1. The lowest BCUT2D eigenvalue weighted by atomic mass is 10.0. The van der Waals surface area contributed by atoms with Gasteiger partial charge in [0.25, 0.3) is 0 Å². The quantitative estimate of drug-likeness (QED) is 0.431. The van der Waals surface area contributed by atoms with Crippen LogP contribution in [-0.2, 0) is 5.54 Å². The molecule has 9 heteroatoms. The van der Waals surface area contributed by atoms with Gasteiger partial charge in [0.05, 0.1) is 15.8 Å². The van der Waals surface area contributed by atoms with Gasteiger partial charge in [-0.2, -0.15) is 0 Å². The van der Waals surface area contributed by atoms with Crippen molar-refractivity contribution in [3.63, 3.8) is 0 Å². The average molecular weight is 454 g/mol. The molecule has 0 bridgehead atoms. The monoisotopic (exact) mass is 453 g/mol. The Kier molecular flexibility index (Phi) is 5.49. The third-order valence-corrected chi connectivity index (χ3v) is 8.24. The van der Waals surface area contributed by atoms with E-state index in [-0.39, 0.29) is 11.6 Å². The molecule has 1 fully saturated rings. The van der Waals surface area contributed by atoms with E-state index in [2.05, 4.69) is 87.9 Å². The zero-order valence-corrected chi connectivity index (χ0v) is 19.7. The van der Waals surface area contributed by atoms with Gasteiger partial charge in [-0.05, 0) is 54.3 Å². The largest absolute Gasteiger partial charge is 0.345 e. The first-order chi connectivity index (χ1) is 15.1. The molecule has 0 unspecified atom stereocenters. The van der Waals surface area contributed by atoms with Crippen LogP contribution in [0.4, 0.5) is 5.13 Å². The highest BCUT2D eigenvalue weighted by Crippen LogP contribution is 2.35.